The number of rotatable bonds is 4. The first-order chi connectivity index (χ1) is 8.99. The standard InChI is InChI=1S/C16H17ClO2/c1-12-8-9-15(14(17)10-12)19-11-16(2,18)13-6-4-3-5-7-13/h3-10,18H,11H2,1-2H3. The van der Waals surface area contributed by atoms with Gasteiger partial charge in [0.05, 0.1) is 5.02 Å². The van der Waals surface area contributed by atoms with Gasteiger partial charge in [-0.1, -0.05) is 48.0 Å². The molecular weight excluding hydrogens is 260 g/mol. The van der Waals surface area contributed by atoms with Crippen LogP contribution in [0.15, 0.2) is 48.5 Å². The number of hydrogen-bond donors (Lipinski definition) is 1. The van der Waals surface area contributed by atoms with Crippen LogP contribution in [0.25, 0.3) is 0 Å². The van der Waals surface area contributed by atoms with Crippen molar-refractivity contribution in [2.75, 3.05) is 6.61 Å². The zero-order valence-electron chi connectivity index (χ0n) is 11.1. The second kappa shape index (κ2) is 5.64. The summed E-state index contributed by atoms with van der Waals surface area (Å²) in [5.41, 5.74) is 0.848. The summed E-state index contributed by atoms with van der Waals surface area (Å²) in [7, 11) is 0. The van der Waals surface area contributed by atoms with Crippen molar-refractivity contribution in [3.05, 3.63) is 64.7 Å². The van der Waals surface area contributed by atoms with Gasteiger partial charge in [-0.2, -0.15) is 0 Å². The highest BCUT2D eigenvalue weighted by Gasteiger charge is 2.24. The van der Waals surface area contributed by atoms with Crippen molar-refractivity contribution >= 4 is 11.6 Å². The lowest BCUT2D eigenvalue weighted by atomic mass is 9.97. The molecule has 2 rings (SSSR count). The molecule has 3 heteroatoms. The van der Waals surface area contributed by atoms with Crippen LogP contribution in [0.2, 0.25) is 5.02 Å². The topological polar surface area (TPSA) is 29.5 Å². The van der Waals surface area contributed by atoms with E-state index in [4.69, 9.17) is 16.3 Å². The average Bonchev–Trinajstić information content (AvgIpc) is 2.39. The normalized spacial score (nSPS) is 13.9. The Morgan fingerprint density at radius 2 is 1.84 bits per heavy atom. The van der Waals surface area contributed by atoms with Gasteiger partial charge >= 0.3 is 0 Å². The molecule has 0 radical (unpaired) electrons. The predicted octanol–water partition coefficient (Wildman–Crippen LogP) is 3.93. The summed E-state index contributed by atoms with van der Waals surface area (Å²) < 4.78 is 5.63. The van der Waals surface area contributed by atoms with Crippen molar-refractivity contribution < 1.29 is 9.84 Å². The Morgan fingerprint density at radius 1 is 1.16 bits per heavy atom. The molecule has 2 nitrogen and oxygen atoms in total. The fraction of sp³-hybridized carbons (Fsp3) is 0.250. The van der Waals surface area contributed by atoms with Gasteiger partial charge in [0.1, 0.15) is 18.0 Å². The van der Waals surface area contributed by atoms with Gasteiger partial charge in [0, 0.05) is 0 Å². The molecule has 0 saturated heterocycles. The van der Waals surface area contributed by atoms with E-state index < -0.39 is 5.60 Å². The minimum atomic E-state index is -1.05. The lowest BCUT2D eigenvalue weighted by Crippen LogP contribution is -2.29. The molecule has 1 unspecified atom stereocenters. The number of aliphatic hydroxyl groups is 1. The summed E-state index contributed by atoms with van der Waals surface area (Å²) in [6, 6.07) is 15.0. The van der Waals surface area contributed by atoms with Crippen LogP contribution >= 0.6 is 11.6 Å². The molecule has 0 bridgehead atoms. The minimum absolute atomic E-state index is 0.153. The number of hydrogen-bond acceptors (Lipinski definition) is 2. The quantitative estimate of drug-likeness (QED) is 0.917. The molecule has 0 aliphatic rings. The van der Waals surface area contributed by atoms with Gasteiger partial charge < -0.3 is 9.84 Å². The highest BCUT2D eigenvalue weighted by Crippen LogP contribution is 2.28. The maximum Gasteiger partial charge on any atom is 0.138 e. The molecule has 0 aromatic heterocycles. The molecule has 0 aliphatic heterocycles. The summed E-state index contributed by atoms with van der Waals surface area (Å²) in [6.07, 6.45) is 0. The molecule has 0 saturated carbocycles. The highest BCUT2D eigenvalue weighted by molar-refractivity contribution is 6.32. The molecule has 0 amide bonds. The molecule has 1 atom stereocenters. The van der Waals surface area contributed by atoms with Gasteiger partial charge in [0.15, 0.2) is 0 Å². The molecule has 19 heavy (non-hydrogen) atoms. The summed E-state index contributed by atoms with van der Waals surface area (Å²) in [4.78, 5) is 0. The van der Waals surface area contributed by atoms with Crippen molar-refractivity contribution in [3.63, 3.8) is 0 Å². The van der Waals surface area contributed by atoms with Crippen LogP contribution in [0, 0.1) is 6.92 Å². The van der Waals surface area contributed by atoms with Crippen molar-refractivity contribution in [3.8, 4) is 5.75 Å². The van der Waals surface area contributed by atoms with E-state index >= 15 is 0 Å². The third-order valence-electron chi connectivity index (χ3n) is 2.99. The summed E-state index contributed by atoms with van der Waals surface area (Å²) in [5.74, 6) is 0.587. The summed E-state index contributed by atoms with van der Waals surface area (Å²) in [5, 5.41) is 11.0. The molecule has 100 valence electrons. The van der Waals surface area contributed by atoms with Gasteiger partial charge in [-0.25, -0.2) is 0 Å². The average molecular weight is 277 g/mol. The van der Waals surface area contributed by atoms with Crippen LogP contribution in [0.1, 0.15) is 18.1 Å². The SMILES string of the molecule is Cc1ccc(OCC(C)(O)c2ccccc2)c(Cl)c1. The van der Waals surface area contributed by atoms with Crippen LogP contribution < -0.4 is 4.74 Å². The number of halogens is 1. The van der Waals surface area contributed by atoms with E-state index in [1.165, 1.54) is 0 Å². The second-order valence-corrected chi connectivity index (χ2v) is 5.27. The van der Waals surface area contributed by atoms with Crippen LogP contribution in [0.3, 0.4) is 0 Å². The van der Waals surface area contributed by atoms with E-state index in [1.807, 2.05) is 55.5 Å². The molecule has 2 aromatic rings. The first-order valence-corrected chi connectivity index (χ1v) is 6.54. The lowest BCUT2D eigenvalue weighted by Gasteiger charge is -2.24. The van der Waals surface area contributed by atoms with Gasteiger partial charge in [0.2, 0.25) is 0 Å². The van der Waals surface area contributed by atoms with Crippen LogP contribution in [0.5, 0.6) is 5.75 Å². The molecule has 1 N–H and O–H groups in total. The van der Waals surface area contributed by atoms with Crippen molar-refractivity contribution in [1.29, 1.82) is 0 Å². The van der Waals surface area contributed by atoms with Crippen molar-refractivity contribution in [2.45, 2.75) is 19.4 Å². The monoisotopic (exact) mass is 276 g/mol. The van der Waals surface area contributed by atoms with Gasteiger partial charge in [-0.3, -0.25) is 0 Å². The Bertz CT molecular complexity index is 550. The fourth-order valence-corrected chi connectivity index (χ4v) is 2.11. The number of aryl methyl sites for hydroxylation is 1. The molecule has 0 spiro atoms. The first-order valence-electron chi connectivity index (χ1n) is 6.16. The molecule has 2 aromatic carbocycles. The van der Waals surface area contributed by atoms with Crippen LogP contribution in [0.4, 0.5) is 0 Å². The zero-order valence-corrected chi connectivity index (χ0v) is 11.8. The van der Waals surface area contributed by atoms with Crippen LogP contribution in [-0.2, 0) is 5.60 Å². The Kier molecular flexibility index (Phi) is 4.13. The fourth-order valence-electron chi connectivity index (χ4n) is 1.82. The van der Waals surface area contributed by atoms with E-state index in [0.29, 0.717) is 10.8 Å². The van der Waals surface area contributed by atoms with E-state index in [2.05, 4.69) is 0 Å². The number of ether oxygens (including phenoxy) is 1. The van der Waals surface area contributed by atoms with Gasteiger partial charge in [-0.15, -0.1) is 0 Å². The number of benzene rings is 2. The molecule has 0 fully saturated rings. The molecule has 0 heterocycles. The Morgan fingerprint density at radius 3 is 2.47 bits per heavy atom. The van der Waals surface area contributed by atoms with Crippen LogP contribution in [-0.4, -0.2) is 11.7 Å². The predicted molar refractivity (Wildman–Crippen MR) is 77.7 cm³/mol. The zero-order chi connectivity index (χ0) is 13.9. The highest BCUT2D eigenvalue weighted by atomic mass is 35.5. The Balaban J connectivity index is 2.09. The van der Waals surface area contributed by atoms with Crippen molar-refractivity contribution in [1.82, 2.24) is 0 Å². The minimum Gasteiger partial charge on any atom is -0.489 e. The Labute approximate surface area is 118 Å². The third-order valence-corrected chi connectivity index (χ3v) is 3.29. The van der Waals surface area contributed by atoms with Crippen molar-refractivity contribution in [2.24, 2.45) is 0 Å². The summed E-state index contributed by atoms with van der Waals surface area (Å²) in [6.45, 7) is 3.85. The third kappa shape index (κ3) is 3.49. The van der Waals surface area contributed by atoms with E-state index in [1.54, 1.807) is 6.92 Å². The van der Waals surface area contributed by atoms with E-state index in [0.717, 1.165) is 11.1 Å². The summed E-state index contributed by atoms with van der Waals surface area (Å²) >= 11 is 6.10. The Hall–Kier alpha value is -1.51. The first kappa shape index (κ1) is 13.9. The largest absolute Gasteiger partial charge is 0.489 e. The second-order valence-electron chi connectivity index (χ2n) is 4.86. The smallest absolute Gasteiger partial charge is 0.138 e. The molecule has 0 aliphatic carbocycles. The van der Waals surface area contributed by atoms with Gasteiger partial charge in [0.25, 0.3) is 0 Å². The lowest BCUT2D eigenvalue weighted by molar-refractivity contribution is 0.00763. The maximum absolute atomic E-state index is 10.4. The maximum atomic E-state index is 10.4. The molecular formula is C16H17ClO2. The van der Waals surface area contributed by atoms with E-state index in [9.17, 15) is 5.11 Å². The van der Waals surface area contributed by atoms with Gasteiger partial charge in [-0.05, 0) is 37.1 Å². The van der Waals surface area contributed by atoms with E-state index in [-0.39, 0.29) is 6.61 Å².